The van der Waals surface area contributed by atoms with E-state index < -0.39 is 0 Å². The molecule has 0 bridgehead atoms. The minimum Gasteiger partial charge on any atom is -0.359 e. The number of amides is 3. The van der Waals surface area contributed by atoms with Gasteiger partial charge in [-0.25, -0.2) is 0 Å². The quantitative estimate of drug-likeness (QED) is 0.0536. The minimum atomic E-state index is -0.0554. The lowest BCUT2D eigenvalue weighted by molar-refractivity contribution is -0.122. The molecule has 0 aromatic carbocycles. The SMILES string of the molecule is CCCCCCCCCCCCCCCCC(C)C(CCCCCCC(CCCC(=O)NCCNC(C)=O)C(C)CCCCCCCCCC)CCCC(=O)NC. The van der Waals surface area contributed by atoms with Crippen molar-refractivity contribution in [1.82, 2.24) is 16.0 Å². The minimum absolute atomic E-state index is 0.0554. The maximum Gasteiger partial charge on any atom is 0.220 e. The Hall–Kier alpha value is -1.59. The van der Waals surface area contributed by atoms with Gasteiger partial charge in [0.25, 0.3) is 0 Å². The van der Waals surface area contributed by atoms with Crippen LogP contribution in [-0.2, 0) is 14.4 Å². The Morgan fingerprint density at radius 3 is 1.04 bits per heavy atom. The molecule has 57 heavy (non-hydrogen) atoms. The van der Waals surface area contributed by atoms with E-state index in [1.807, 2.05) is 0 Å². The molecular formula is C51H101N3O3. The molecule has 4 atom stereocenters. The summed E-state index contributed by atoms with van der Waals surface area (Å²) in [5.74, 6) is 3.13. The molecule has 0 fully saturated rings. The summed E-state index contributed by atoms with van der Waals surface area (Å²) in [4.78, 5) is 35.5. The van der Waals surface area contributed by atoms with E-state index in [9.17, 15) is 14.4 Å². The molecule has 3 amide bonds. The van der Waals surface area contributed by atoms with E-state index >= 15 is 0 Å². The van der Waals surface area contributed by atoms with Gasteiger partial charge >= 0.3 is 0 Å². The van der Waals surface area contributed by atoms with Crippen LogP contribution in [0.15, 0.2) is 0 Å². The van der Waals surface area contributed by atoms with Crippen LogP contribution in [0.3, 0.4) is 0 Å². The highest BCUT2D eigenvalue weighted by molar-refractivity contribution is 5.76. The average Bonchev–Trinajstić information content (AvgIpc) is 3.20. The van der Waals surface area contributed by atoms with Crippen LogP contribution in [0.4, 0.5) is 0 Å². The summed E-state index contributed by atoms with van der Waals surface area (Å²) in [6, 6.07) is 0. The molecule has 0 aliphatic carbocycles. The van der Waals surface area contributed by atoms with Gasteiger partial charge in [-0.1, -0.05) is 220 Å². The fraction of sp³-hybridized carbons (Fsp3) is 0.941. The third-order valence-corrected chi connectivity index (χ3v) is 13.1. The van der Waals surface area contributed by atoms with E-state index in [4.69, 9.17) is 0 Å². The number of unbranched alkanes of at least 4 members (excludes halogenated alkanes) is 23. The normalized spacial score (nSPS) is 13.6. The van der Waals surface area contributed by atoms with E-state index in [0.29, 0.717) is 37.8 Å². The van der Waals surface area contributed by atoms with Crippen LogP contribution in [-0.4, -0.2) is 37.9 Å². The number of nitrogens with one attached hydrogen (secondary N) is 3. The van der Waals surface area contributed by atoms with Crippen LogP contribution in [0.1, 0.15) is 266 Å². The van der Waals surface area contributed by atoms with Crippen molar-refractivity contribution in [2.24, 2.45) is 23.7 Å². The Morgan fingerprint density at radius 2 is 0.684 bits per heavy atom. The van der Waals surface area contributed by atoms with E-state index in [1.165, 1.54) is 206 Å². The molecule has 0 rings (SSSR count). The summed E-state index contributed by atoms with van der Waals surface area (Å²) in [5.41, 5.74) is 0. The first-order valence-electron chi connectivity index (χ1n) is 25.5. The van der Waals surface area contributed by atoms with Crippen molar-refractivity contribution in [1.29, 1.82) is 0 Å². The van der Waals surface area contributed by atoms with Gasteiger partial charge in [0.2, 0.25) is 17.7 Å². The Morgan fingerprint density at radius 1 is 0.386 bits per heavy atom. The average molecular weight is 804 g/mol. The van der Waals surface area contributed by atoms with Gasteiger partial charge in [-0.2, -0.15) is 0 Å². The number of hydrogen-bond acceptors (Lipinski definition) is 3. The summed E-state index contributed by atoms with van der Waals surface area (Å²) < 4.78 is 0. The predicted octanol–water partition coefficient (Wildman–Crippen LogP) is 14.6. The lowest BCUT2D eigenvalue weighted by atomic mass is 9.81. The topological polar surface area (TPSA) is 87.3 Å². The molecule has 0 saturated heterocycles. The smallest absolute Gasteiger partial charge is 0.220 e. The first-order valence-corrected chi connectivity index (χ1v) is 25.5. The maximum absolute atomic E-state index is 12.5. The molecule has 338 valence electrons. The van der Waals surface area contributed by atoms with Crippen molar-refractivity contribution in [2.45, 2.75) is 266 Å². The van der Waals surface area contributed by atoms with Crippen LogP contribution in [0, 0.1) is 23.7 Å². The van der Waals surface area contributed by atoms with Crippen LogP contribution in [0.5, 0.6) is 0 Å². The third-order valence-electron chi connectivity index (χ3n) is 13.1. The number of rotatable bonds is 44. The van der Waals surface area contributed by atoms with Crippen LogP contribution < -0.4 is 16.0 Å². The van der Waals surface area contributed by atoms with Gasteiger partial charge in [0.05, 0.1) is 0 Å². The first-order chi connectivity index (χ1) is 27.7. The lowest BCUT2D eigenvalue weighted by Crippen LogP contribution is -2.33. The number of hydrogen-bond donors (Lipinski definition) is 3. The van der Waals surface area contributed by atoms with Crippen molar-refractivity contribution in [3.05, 3.63) is 0 Å². The van der Waals surface area contributed by atoms with Gasteiger partial charge in [-0.05, 0) is 49.4 Å². The summed E-state index contributed by atoms with van der Waals surface area (Å²) >= 11 is 0. The second-order valence-corrected chi connectivity index (χ2v) is 18.4. The predicted molar refractivity (Wildman–Crippen MR) is 249 cm³/mol. The molecular weight excluding hydrogens is 703 g/mol. The van der Waals surface area contributed by atoms with Crippen molar-refractivity contribution in [3.63, 3.8) is 0 Å². The maximum atomic E-state index is 12.5. The largest absolute Gasteiger partial charge is 0.359 e. The highest BCUT2D eigenvalue weighted by atomic mass is 16.2. The summed E-state index contributed by atoms with van der Waals surface area (Å²) in [7, 11) is 1.76. The molecule has 6 heteroatoms. The summed E-state index contributed by atoms with van der Waals surface area (Å²) in [6.45, 7) is 12.1. The molecule has 0 saturated carbocycles. The Balaban J connectivity index is 4.64. The first kappa shape index (κ1) is 55.4. The fourth-order valence-corrected chi connectivity index (χ4v) is 9.03. The molecule has 0 spiro atoms. The zero-order valence-corrected chi connectivity index (χ0v) is 39.4. The van der Waals surface area contributed by atoms with E-state index in [2.05, 4.69) is 43.6 Å². The van der Waals surface area contributed by atoms with Gasteiger partial charge in [0.15, 0.2) is 0 Å². The zero-order valence-electron chi connectivity index (χ0n) is 39.4. The van der Waals surface area contributed by atoms with Crippen molar-refractivity contribution in [2.75, 3.05) is 20.1 Å². The second-order valence-electron chi connectivity index (χ2n) is 18.4. The Labute approximate surface area is 356 Å². The highest BCUT2D eigenvalue weighted by Gasteiger charge is 2.19. The van der Waals surface area contributed by atoms with Crippen molar-refractivity contribution < 1.29 is 14.4 Å². The molecule has 3 N–H and O–H groups in total. The van der Waals surface area contributed by atoms with Crippen LogP contribution in [0.25, 0.3) is 0 Å². The molecule has 0 aromatic rings. The molecule has 4 unspecified atom stereocenters. The summed E-state index contributed by atoms with van der Waals surface area (Å²) in [5, 5.41) is 8.54. The zero-order chi connectivity index (χ0) is 42.0. The number of carbonyl (C=O) groups is 3. The fourth-order valence-electron chi connectivity index (χ4n) is 9.03. The standard InChI is InChI=1S/C51H101N3O3/c1-7-9-11-13-15-17-18-19-20-21-22-24-26-30-35-45(3)48(39-33-41-50(56)52-6)37-31-27-28-32-38-49(40-34-42-51(57)54-44-43-53-47(5)55)46(4)36-29-25-23-16-14-12-10-8-2/h45-46,48-49H,7-44H2,1-6H3,(H,52,56)(H,53,55)(H,54,57). The molecule has 6 nitrogen and oxygen atoms in total. The molecule has 0 aliphatic rings. The van der Waals surface area contributed by atoms with Gasteiger partial charge in [0.1, 0.15) is 0 Å². The van der Waals surface area contributed by atoms with Gasteiger partial charge < -0.3 is 16.0 Å². The van der Waals surface area contributed by atoms with Crippen LogP contribution >= 0.6 is 0 Å². The van der Waals surface area contributed by atoms with Crippen LogP contribution in [0.2, 0.25) is 0 Å². The Bertz CT molecular complexity index is 895. The van der Waals surface area contributed by atoms with E-state index in [0.717, 1.165) is 31.1 Å². The van der Waals surface area contributed by atoms with Crippen molar-refractivity contribution >= 4 is 17.7 Å². The number of carbonyl (C=O) groups excluding carboxylic acids is 3. The third kappa shape index (κ3) is 38.4. The monoisotopic (exact) mass is 804 g/mol. The van der Waals surface area contributed by atoms with Gasteiger partial charge in [-0.3, -0.25) is 14.4 Å². The van der Waals surface area contributed by atoms with Gasteiger partial charge in [-0.15, -0.1) is 0 Å². The Kier molecular flexibility index (Phi) is 41.3. The summed E-state index contributed by atoms with van der Waals surface area (Å²) in [6.07, 6.45) is 46.8. The highest BCUT2D eigenvalue weighted by Crippen LogP contribution is 2.31. The van der Waals surface area contributed by atoms with E-state index in [-0.39, 0.29) is 17.7 Å². The second kappa shape index (κ2) is 42.5. The van der Waals surface area contributed by atoms with Gasteiger partial charge in [0, 0.05) is 39.9 Å². The van der Waals surface area contributed by atoms with Crippen molar-refractivity contribution in [3.8, 4) is 0 Å². The molecule has 0 aromatic heterocycles. The molecule has 0 radical (unpaired) electrons. The van der Waals surface area contributed by atoms with E-state index in [1.54, 1.807) is 7.05 Å². The molecule has 0 aliphatic heterocycles. The lowest BCUT2D eigenvalue weighted by Gasteiger charge is -2.25. The molecule has 0 heterocycles.